The van der Waals surface area contributed by atoms with Crippen molar-refractivity contribution in [1.29, 1.82) is 0 Å². The highest BCUT2D eigenvalue weighted by molar-refractivity contribution is 7.85. The fraction of sp³-hybridized carbons (Fsp3) is 0. The Morgan fingerprint density at radius 2 is 1.17 bits per heavy atom. The molecule has 0 aliphatic rings. The van der Waals surface area contributed by atoms with Crippen molar-refractivity contribution in [1.82, 2.24) is 4.98 Å². The third-order valence-corrected chi connectivity index (χ3v) is 7.19. The van der Waals surface area contributed by atoms with Gasteiger partial charge in [-0.3, -0.25) is 4.98 Å². The summed E-state index contributed by atoms with van der Waals surface area (Å²) in [5, 5.41) is 3.60. The molecule has 0 spiro atoms. The van der Waals surface area contributed by atoms with Crippen LogP contribution in [0.3, 0.4) is 0 Å². The van der Waals surface area contributed by atoms with Gasteiger partial charge in [0.05, 0.1) is 0 Å². The van der Waals surface area contributed by atoms with E-state index in [0.29, 0.717) is 5.44 Å². The summed E-state index contributed by atoms with van der Waals surface area (Å²) in [7, 11) is -3.03. The maximum atomic E-state index is 14.4. The Hall–Kier alpha value is -2.70. The second-order valence-corrected chi connectivity index (χ2v) is 8.31. The molecule has 3 heteroatoms. The van der Waals surface area contributed by atoms with Gasteiger partial charge in [-0.2, -0.15) is 0 Å². The predicted molar refractivity (Wildman–Crippen MR) is 101 cm³/mol. The summed E-state index contributed by atoms with van der Waals surface area (Å²) in [5.74, 6) is 0. The summed E-state index contributed by atoms with van der Waals surface area (Å²) in [6, 6.07) is 29.2. The van der Waals surface area contributed by atoms with E-state index in [1.54, 1.807) is 6.20 Å². The Kier molecular flexibility index (Phi) is 3.76. The van der Waals surface area contributed by atoms with Crippen LogP contribution in [0.5, 0.6) is 0 Å². The Morgan fingerprint density at radius 3 is 1.79 bits per heavy atom. The lowest BCUT2D eigenvalue weighted by molar-refractivity contribution is 0.592. The van der Waals surface area contributed by atoms with Gasteiger partial charge in [-0.15, -0.1) is 0 Å². The maximum absolute atomic E-state index is 14.4. The largest absolute Gasteiger partial charge is 0.307 e. The molecule has 3 aromatic carbocycles. The number of hydrogen-bond donors (Lipinski definition) is 0. The van der Waals surface area contributed by atoms with Crippen LogP contribution in [-0.2, 0) is 4.57 Å². The minimum atomic E-state index is -3.03. The van der Waals surface area contributed by atoms with Crippen LogP contribution in [0.4, 0.5) is 0 Å². The Bertz CT molecular complexity index is 980. The summed E-state index contributed by atoms with van der Waals surface area (Å²) < 4.78 is 14.4. The van der Waals surface area contributed by atoms with Crippen molar-refractivity contribution >= 4 is 34.0 Å². The normalized spacial score (nSPS) is 11.5. The molecule has 24 heavy (non-hydrogen) atoms. The van der Waals surface area contributed by atoms with Gasteiger partial charge in [0, 0.05) is 22.2 Å². The molecule has 0 saturated heterocycles. The van der Waals surface area contributed by atoms with Crippen LogP contribution in [0.2, 0.25) is 0 Å². The first-order valence-corrected chi connectivity index (χ1v) is 9.56. The average molecular weight is 329 g/mol. The fourth-order valence-electron chi connectivity index (χ4n) is 3.02. The van der Waals surface area contributed by atoms with Gasteiger partial charge in [-0.25, -0.2) is 0 Å². The van der Waals surface area contributed by atoms with Crippen LogP contribution in [0.15, 0.2) is 97.2 Å². The third kappa shape index (κ3) is 2.36. The Balaban J connectivity index is 2.09. The van der Waals surface area contributed by atoms with E-state index >= 15 is 0 Å². The van der Waals surface area contributed by atoms with E-state index in [1.807, 2.05) is 91.0 Å². The molecule has 0 unspecified atom stereocenters. The van der Waals surface area contributed by atoms with Gasteiger partial charge < -0.3 is 4.57 Å². The molecule has 0 bridgehead atoms. The average Bonchev–Trinajstić information content (AvgIpc) is 2.68. The minimum Gasteiger partial charge on any atom is -0.307 e. The zero-order valence-electron chi connectivity index (χ0n) is 13.0. The first-order valence-electron chi connectivity index (χ1n) is 7.86. The van der Waals surface area contributed by atoms with Crippen molar-refractivity contribution in [3.63, 3.8) is 0 Å². The van der Waals surface area contributed by atoms with E-state index in [2.05, 4.69) is 4.98 Å². The van der Waals surface area contributed by atoms with Crippen molar-refractivity contribution < 1.29 is 4.57 Å². The topological polar surface area (TPSA) is 30.0 Å². The molecule has 116 valence electrons. The number of pyridine rings is 1. The van der Waals surface area contributed by atoms with Gasteiger partial charge in [-0.05, 0) is 11.5 Å². The van der Waals surface area contributed by atoms with Crippen molar-refractivity contribution in [2.75, 3.05) is 0 Å². The summed E-state index contributed by atoms with van der Waals surface area (Å²) in [5.41, 5.74) is 0.651. The molecule has 0 amide bonds. The molecule has 4 rings (SSSR count). The first kappa shape index (κ1) is 14.9. The molecule has 0 N–H and O–H groups in total. The van der Waals surface area contributed by atoms with Crippen molar-refractivity contribution in [3.05, 3.63) is 97.2 Å². The van der Waals surface area contributed by atoms with E-state index in [1.165, 1.54) is 0 Å². The van der Waals surface area contributed by atoms with Crippen LogP contribution in [0.25, 0.3) is 10.8 Å². The van der Waals surface area contributed by atoms with E-state index in [9.17, 15) is 4.57 Å². The highest BCUT2D eigenvalue weighted by Crippen LogP contribution is 2.43. The van der Waals surface area contributed by atoms with Crippen molar-refractivity contribution in [2.45, 2.75) is 0 Å². The van der Waals surface area contributed by atoms with Gasteiger partial charge in [0.2, 0.25) is 0 Å². The molecular formula is C21H16NOP. The fourth-order valence-corrected chi connectivity index (χ4v) is 5.77. The first-order chi connectivity index (χ1) is 11.8. The Morgan fingerprint density at radius 1 is 0.625 bits per heavy atom. The molecule has 0 fully saturated rings. The predicted octanol–water partition coefficient (Wildman–Crippen LogP) is 3.87. The summed E-state index contributed by atoms with van der Waals surface area (Å²) in [6.45, 7) is 0. The van der Waals surface area contributed by atoms with Crippen molar-refractivity contribution in [3.8, 4) is 0 Å². The van der Waals surface area contributed by atoms with E-state index in [0.717, 1.165) is 21.4 Å². The van der Waals surface area contributed by atoms with E-state index in [-0.39, 0.29) is 0 Å². The third-order valence-electron chi connectivity index (χ3n) is 4.19. The Labute approximate surface area is 141 Å². The summed E-state index contributed by atoms with van der Waals surface area (Å²) in [6.07, 6.45) is 1.75. The SMILES string of the molecule is O=P(c1ccccc1)(c1ccccc1)c1nccc2ccccc12. The van der Waals surface area contributed by atoms with Crippen molar-refractivity contribution in [2.24, 2.45) is 0 Å². The molecule has 0 radical (unpaired) electrons. The number of rotatable bonds is 3. The molecule has 0 aliphatic carbocycles. The highest BCUT2D eigenvalue weighted by Gasteiger charge is 2.32. The van der Waals surface area contributed by atoms with Gasteiger partial charge in [0.25, 0.3) is 0 Å². The lowest BCUT2D eigenvalue weighted by Crippen LogP contribution is -2.27. The lowest BCUT2D eigenvalue weighted by atomic mass is 10.2. The second kappa shape index (κ2) is 6.07. The van der Waals surface area contributed by atoms with Crippen LogP contribution >= 0.6 is 7.14 Å². The molecule has 1 aromatic heterocycles. The van der Waals surface area contributed by atoms with Crippen LogP contribution in [0.1, 0.15) is 0 Å². The van der Waals surface area contributed by atoms with Gasteiger partial charge in [-0.1, -0.05) is 84.9 Å². The van der Waals surface area contributed by atoms with Gasteiger partial charge in [0.1, 0.15) is 5.44 Å². The number of benzene rings is 3. The number of aromatic nitrogens is 1. The summed E-state index contributed by atoms with van der Waals surface area (Å²) in [4.78, 5) is 4.57. The molecule has 0 aliphatic heterocycles. The minimum absolute atomic E-state index is 0.651. The molecule has 0 atom stereocenters. The lowest BCUT2D eigenvalue weighted by Gasteiger charge is -2.20. The second-order valence-electron chi connectivity index (χ2n) is 5.64. The van der Waals surface area contributed by atoms with Crippen LogP contribution in [-0.4, -0.2) is 4.98 Å². The number of nitrogens with zero attached hydrogens (tertiary/aromatic N) is 1. The zero-order valence-corrected chi connectivity index (χ0v) is 13.9. The number of hydrogen-bond acceptors (Lipinski definition) is 2. The van der Waals surface area contributed by atoms with Crippen LogP contribution < -0.4 is 16.0 Å². The molecular weight excluding hydrogens is 313 g/mol. The molecule has 0 saturated carbocycles. The zero-order chi connectivity index (χ0) is 16.4. The summed E-state index contributed by atoms with van der Waals surface area (Å²) >= 11 is 0. The monoisotopic (exact) mass is 329 g/mol. The molecule has 2 nitrogen and oxygen atoms in total. The maximum Gasteiger partial charge on any atom is 0.189 e. The van der Waals surface area contributed by atoms with E-state index < -0.39 is 7.14 Å². The van der Waals surface area contributed by atoms with E-state index in [4.69, 9.17) is 0 Å². The highest BCUT2D eigenvalue weighted by atomic mass is 31.2. The number of fused-ring (bicyclic) bond motifs is 1. The molecule has 1 heterocycles. The standard InChI is InChI=1S/C21H16NOP/c23-24(18-10-3-1-4-11-18,19-12-5-2-6-13-19)21-20-14-8-7-9-17(20)15-16-22-21/h1-16H. The van der Waals surface area contributed by atoms with Gasteiger partial charge in [0.15, 0.2) is 7.14 Å². The molecule has 4 aromatic rings. The van der Waals surface area contributed by atoms with Crippen LogP contribution in [0, 0.1) is 0 Å². The quantitative estimate of drug-likeness (QED) is 0.534. The van der Waals surface area contributed by atoms with Gasteiger partial charge >= 0.3 is 0 Å². The smallest absolute Gasteiger partial charge is 0.189 e.